The van der Waals surface area contributed by atoms with E-state index < -0.39 is 29.8 Å². The van der Waals surface area contributed by atoms with Gasteiger partial charge in [0.2, 0.25) is 5.91 Å². The maximum Gasteiger partial charge on any atom is 0.338 e. The average molecular weight is 516 g/mol. The van der Waals surface area contributed by atoms with Crippen LogP contribution in [0.1, 0.15) is 27.0 Å². The maximum atomic E-state index is 13.7. The Morgan fingerprint density at radius 2 is 1.82 bits per heavy atom. The first-order valence-corrected chi connectivity index (χ1v) is 12.1. The summed E-state index contributed by atoms with van der Waals surface area (Å²) in [4.78, 5) is 26.4. The third-order valence-electron chi connectivity index (χ3n) is 5.82. The van der Waals surface area contributed by atoms with Gasteiger partial charge in [0.15, 0.2) is 0 Å². The summed E-state index contributed by atoms with van der Waals surface area (Å²) in [5.74, 6) is -1.55. The van der Waals surface area contributed by atoms with Crippen LogP contribution in [-0.2, 0) is 27.3 Å². The summed E-state index contributed by atoms with van der Waals surface area (Å²) in [6, 6.07) is 20.4. The number of carbonyl (C=O) groups excluding carboxylic acids is 2. The molecule has 0 aliphatic heterocycles. The fraction of sp³-hybridized carbons (Fsp3) is 0.233. The monoisotopic (exact) mass is 515 g/mol. The topological polar surface area (TPSA) is 106 Å². The lowest BCUT2D eigenvalue weighted by atomic mass is 10.00. The SMILES string of the molecule is C=CCOC(=O)c1cccc(COC[C@H](C#N)N(c2ccc(F)cc2)[C@@H](Cc2cccc(C)c2)C(N)=O)c1. The van der Waals surface area contributed by atoms with Crippen LogP contribution >= 0.6 is 0 Å². The fourth-order valence-electron chi connectivity index (χ4n) is 4.06. The third kappa shape index (κ3) is 7.76. The molecule has 0 fully saturated rings. The van der Waals surface area contributed by atoms with Crippen LogP contribution in [-0.4, -0.2) is 37.2 Å². The summed E-state index contributed by atoms with van der Waals surface area (Å²) in [6.07, 6.45) is 1.74. The van der Waals surface area contributed by atoms with Crippen LogP contribution in [0.15, 0.2) is 85.5 Å². The number of halogens is 1. The van der Waals surface area contributed by atoms with Crippen molar-refractivity contribution in [2.24, 2.45) is 5.73 Å². The lowest BCUT2D eigenvalue weighted by Gasteiger charge is -2.35. The number of nitrogens with zero attached hydrogens (tertiary/aromatic N) is 2. The molecule has 0 bridgehead atoms. The lowest BCUT2D eigenvalue weighted by Crippen LogP contribution is -2.52. The summed E-state index contributed by atoms with van der Waals surface area (Å²) >= 11 is 0. The van der Waals surface area contributed by atoms with Gasteiger partial charge in [-0.3, -0.25) is 4.79 Å². The molecule has 8 heteroatoms. The molecule has 1 amide bonds. The van der Waals surface area contributed by atoms with Gasteiger partial charge in [0.05, 0.1) is 24.8 Å². The summed E-state index contributed by atoms with van der Waals surface area (Å²) in [5, 5.41) is 10.1. The van der Waals surface area contributed by atoms with Crippen LogP contribution in [0.25, 0.3) is 0 Å². The van der Waals surface area contributed by atoms with Crippen molar-refractivity contribution in [2.75, 3.05) is 18.1 Å². The van der Waals surface area contributed by atoms with Crippen molar-refractivity contribution in [3.8, 4) is 6.07 Å². The zero-order valence-corrected chi connectivity index (χ0v) is 21.2. The first-order valence-electron chi connectivity index (χ1n) is 12.1. The molecule has 2 atom stereocenters. The predicted octanol–water partition coefficient (Wildman–Crippen LogP) is 4.49. The number of hydrogen-bond acceptors (Lipinski definition) is 6. The number of nitrogens with two attached hydrogens (primary N) is 1. The molecular weight excluding hydrogens is 485 g/mol. The molecule has 0 aliphatic carbocycles. The Bertz CT molecular complexity index is 1300. The molecule has 0 aliphatic rings. The highest BCUT2D eigenvalue weighted by Crippen LogP contribution is 2.24. The highest BCUT2D eigenvalue weighted by Gasteiger charge is 2.31. The van der Waals surface area contributed by atoms with Gasteiger partial charge >= 0.3 is 5.97 Å². The van der Waals surface area contributed by atoms with Gasteiger partial charge in [-0.05, 0) is 54.4 Å². The molecule has 0 saturated carbocycles. The molecule has 0 aromatic heterocycles. The molecule has 0 saturated heterocycles. The number of aryl methyl sites for hydroxylation is 1. The van der Waals surface area contributed by atoms with E-state index in [2.05, 4.69) is 12.6 Å². The second-order valence-electron chi connectivity index (χ2n) is 8.74. The van der Waals surface area contributed by atoms with Crippen molar-refractivity contribution in [2.45, 2.75) is 32.0 Å². The molecule has 0 heterocycles. The Kier molecular flexibility index (Phi) is 10.1. The van der Waals surface area contributed by atoms with Crippen molar-refractivity contribution in [3.05, 3.63) is 114 Å². The zero-order chi connectivity index (χ0) is 27.5. The average Bonchev–Trinajstić information content (AvgIpc) is 2.91. The van der Waals surface area contributed by atoms with Gasteiger partial charge in [0.1, 0.15) is 24.5 Å². The van der Waals surface area contributed by atoms with Crippen LogP contribution < -0.4 is 10.6 Å². The van der Waals surface area contributed by atoms with Crippen LogP contribution in [0.5, 0.6) is 0 Å². The summed E-state index contributed by atoms with van der Waals surface area (Å²) in [7, 11) is 0. The zero-order valence-electron chi connectivity index (χ0n) is 21.2. The van der Waals surface area contributed by atoms with Crippen molar-refractivity contribution in [3.63, 3.8) is 0 Å². The second-order valence-corrected chi connectivity index (χ2v) is 8.74. The van der Waals surface area contributed by atoms with E-state index in [9.17, 15) is 19.2 Å². The molecule has 3 aromatic rings. The molecule has 0 unspecified atom stereocenters. The number of rotatable bonds is 13. The fourth-order valence-corrected chi connectivity index (χ4v) is 4.06. The summed E-state index contributed by atoms with van der Waals surface area (Å²) in [5.41, 5.74) is 9.26. The molecule has 7 nitrogen and oxygen atoms in total. The minimum atomic E-state index is -0.913. The predicted molar refractivity (Wildman–Crippen MR) is 143 cm³/mol. The molecule has 0 spiro atoms. The minimum absolute atomic E-state index is 0.0728. The van der Waals surface area contributed by atoms with Gasteiger partial charge in [-0.2, -0.15) is 5.26 Å². The van der Waals surface area contributed by atoms with E-state index in [0.29, 0.717) is 16.8 Å². The standard InChI is InChI=1S/C30H30FN3O4/c1-3-14-38-30(36)24-9-5-8-23(16-24)19-37-20-27(18-32)34(26-12-10-25(31)11-13-26)28(29(33)35)17-22-7-4-6-21(2)15-22/h3-13,15-16,27-28H,1,14,17,19-20H2,2H3,(H2,33,35)/t27-,28-/m0/s1. The van der Waals surface area contributed by atoms with Gasteiger partial charge in [0, 0.05) is 12.1 Å². The van der Waals surface area contributed by atoms with E-state index in [4.69, 9.17) is 15.2 Å². The van der Waals surface area contributed by atoms with E-state index in [0.717, 1.165) is 11.1 Å². The highest BCUT2D eigenvalue weighted by atomic mass is 19.1. The van der Waals surface area contributed by atoms with Crippen LogP contribution in [0.2, 0.25) is 0 Å². The number of nitriles is 1. The number of benzene rings is 3. The van der Waals surface area contributed by atoms with Crippen LogP contribution in [0.3, 0.4) is 0 Å². The van der Waals surface area contributed by atoms with Crippen molar-refractivity contribution >= 4 is 17.6 Å². The minimum Gasteiger partial charge on any atom is -0.458 e. The Hall–Kier alpha value is -4.48. The second kappa shape index (κ2) is 13.7. The Morgan fingerprint density at radius 1 is 1.11 bits per heavy atom. The third-order valence-corrected chi connectivity index (χ3v) is 5.82. The normalized spacial score (nSPS) is 12.1. The van der Waals surface area contributed by atoms with Gasteiger partial charge in [-0.25, -0.2) is 9.18 Å². The Labute approximate surface area is 221 Å². The van der Waals surface area contributed by atoms with Crippen LogP contribution in [0.4, 0.5) is 10.1 Å². The molecule has 38 heavy (non-hydrogen) atoms. The molecular formula is C30H30FN3O4. The van der Waals surface area contributed by atoms with Gasteiger partial charge < -0.3 is 20.1 Å². The number of carbonyl (C=O) groups is 2. The number of primary amides is 1. The first kappa shape index (κ1) is 28.1. The first-order chi connectivity index (χ1) is 18.3. The largest absolute Gasteiger partial charge is 0.458 e. The van der Waals surface area contributed by atoms with Crippen molar-refractivity contribution < 1.29 is 23.5 Å². The number of hydrogen-bond donors (Lipinski definition) is 1. The van der Waals surface area contributed by atoms with E-state index in [1.165, 1.54) is 30.3 Å². The molecule has 3 rings (SSSR count). The number of anilines is 1. The molecule has 3 aromatic carbocycles. The molecule has 196 valence electrons. The van der Waals surface area contributed by atoms with E-state index in [1.807, 2.05) is 31.2 Å². The van der Waals surface area contributed by atoms with Gasteiger partial charge in [0.25, 0.3) is 0 Å². The van der Waals surface area contributed by atoms with Gasteiger partial charge in [-0.1, -0.05) is 54.6 Å². The number of amides is 1. The van der Waals surface area contributed by atoms with Gasteiger partial charge in [-0.15, -0.1) is 0 Å². The van der Waals surface area contributed by atoms with E-state index in [1.54, 1.807) is 29.2 Å². The number of ether oxygens (including phenoxy) is 2. The molecule has 0 radical (unpaired) electrons. The Balaban J connectivity index is 1.82. The molecule has 2 N–H and O–H groups in total. The smallest absolute Gasteiger partial charge is 0.338 e. The Morgan fingerprint density at radius 3 is 2.47 bits per heavy atom. The quantitative estimate of drug-likeness (QED) is 0.266. The lowest BCUT2D eigenvalue weighted by molar-refractivity contribution is -0.119. The summed E-state index contributed by atoms with van der Waals surface area (Å²) in [6.45, 7) is 5.61. The van der Waals surface area contributed by atoms with E-state index in [-0.39, 0.29) is 26.2 Å². The highest BCUT2D eigenvalue weighted by molar-refractivity contribution is 5.89. The summed E-state index contributed by atoms with van der Waals surface area (Å²) < 4.78 is 24.6. The van der Waals surface area contributed by atoms with E-state index >= 15 is 0 Å². The van der Waals surface area contributed by atoms with Crippen molar-refractivity contribution in [1.82, 2.24) is 0 Å². The van der Waals surface area contributed by atoms with Crippen molar-refractivity contribution in [1.29, 1.82) is 5.26 Å². The number of esters is 1. The van der Waals surface area contributed by atoms with Crippen LogP contribution in [0, 0.1) is 24.1 Å². The maximum absolute atomic E-state index is 13.7.